The number of anilines is 1. The second kappa shape index (κ2) is 7.55. The van der Waals surface area contributed by atoms with Crippen molar-refractivity contribution in [1.29, 1.82) is 0 Å². The number of hydrogen-bond acceptors (Lipinski definition) is 5. The van der Waals surface area contributed by atoms with Crippen molar-refractivity contribution in [3.05, 3.63) is 17.6 Å². The zero-order valence-corrected chi connectivity index (χ0v) is 12.7. The summed E-state index contributed by atoms with van der Waals surface area (Å²) in [6.07, 6.45) is 3.51. The van der Waals surface area contributed by atoms with Crippen LogP contribution in [0.4, 0.5) is 5.82 Å². The molecule has 0 radical (unpaired) electrons. The summed E-state index contributed by atoms with van der Waals surface area (Å²) in [5.74, 6) is 2.24. The highest BCUT2D eigenvalue weighted by molar-refractivity contribution is 5.36. The SMILES string of the molecule is CCCNc1cc(COC)nc(C(OCC)C2CC2)n1. The van der Waals surface area contributed by atoms with Crippen LogP contribution in [0.3, 0.4) is 0 Å². The lowest BCUT2D eigenvalue weighted by molar-refractivity contribution is 0.0396. The van der Waals surface area contributed by atoms with Gasteiger partial charge in [0.1, 0.15) is 11.9 Å². The molecule has 1 saturated carbocycles. The largest absolute Gasteiger partial charge is 0.378 e. The molecule has 2 rings (SSSR count). The summed E-state index contributed by atoms with van der Waals surface area (Å²) in [5.41, 5.74) is 0.904. The Morgan fingerprint density at radius 3 is 2.75 bits per heavy atom. The number of nitrogens with one attached hydrogen (secondary N) is 1. The van der Waals surface area contributed by atoms with Gasteiger partial charge in [0.15, 0.2) is 5.82 Å². The number of nitrogens with zero attached hydrogens (tertiary/aromatic N) is 2. The van der Waals surface area contributed by atoms with E-state index in [0.29, 0.717) is 19.1 Å². The number of rotatable bonds is 9. The van der Waals surface area contributed by atoms with E-state index in [1.807, 2.05) is 13.0 Å². The van der Waals surface area contributed by atoms with E-state index in [-0.39, 0.29) is 6.10 Å². The molecular formula is C15H25N3O2. The third kappa shape index (κ3) is 4.15. The van der Waals surface area contributed by atoms with Crippen molar-refractivity contribution in [2.24, 2.45) is 5.92 Å². The molecule has 1 fully saturated rings. The molecule has 5 heteroatoms. The normalized spacial score (nSPS) is 16.1. The summed E-state index contributed by atoms with van der Waals surface area (Å²) >= 11 is 0. The van der Waals surface area contributed by atoms with Gasteiger partial charge in [0.25, 0.3) is 0 Å². The fourth-order valence-corrected chi connectivity index (χ4v) is 2.21. The molecule has 0 bridgehead atoms. The van der Waals surface area contributed by atoms with Gasteiger partial charge in [-0.2, -0.15) is 0 Å². The van der Waals surface area contributed by atoms with E-state index in [1.165, 1.54) is 12.8 Å². The molecule has 112 valence electrons. The summed E-state index contributed by atoms with van der Waals surface area (Å²) in [4.78, 5) is 9.24. The van der Waals surface area contributed by atoms with Crippen molar-refractivity contribution < 1.29 is 9.47 Å². The monoisotopic (exact) mass is 279 g/mol. The van der Waals surface area contributed by atoms with E-state index in [2.05, 4.69) is 22.2 Å². The van der Waals surface area contributed by atoms with Crippen LogP contribution in [0.1, 0.15) is 50.7 Å². The van der Waals surface area contributed by atoms with Gasteiger partial charge in [-0.15, -0.1) is 0 Å². The van der Waals surface area contributed by atoms with Crippen molar-refractivity contribution >= 4 is 5.82 Å². The number of ether oxygens (including phenoxy) is 2. The number of aromatic nitrogens is 2. The van der Waals surface area contributed by atoms with Gasteiger partial charge >= 0.3 is 0 Å². The molecule has 1 aliphatic carbocycles. The summed E-state index contributed by atoms with van der Waals surface area (Å²) in [6, 6.07) is 1.96. The van der Waals surface area contributed by atoms with Crippen molar-refractivity contribution in [3.8, 4) is 0 Å². The number of methoxy groups -OCH3 is 1. The summed E-state index contributed by atoms with van der Waals surface area (Å²) in [6.45, 7) is 6.26. The lowest BCUT2D eigenvalue weighted by Crippen LogP contribution is -2.14. The van der Waals surface area contributed by atoms with E-state index in [4.69, 9.17) is 9.47 Å². The standard InChI is InChI=1S/C15H25N3O2/c1-4-8-16-13-9-12(10-19-3)17-15(18-13)14(20-5-2)11-6-7-11/h9,11,14H,4-8,10H2,1-3H3,(H,16,17,18). The predicted octanol–water partition coefficient (Wildman–Crippen LogP) is 2.93. The van der Waals surface area contributed by atoms with Crippen LogP contribution in [0.25, 0.3) is 0 Å². The minimum Gasteiger partial charge on any atom is -0.378 e. The molecule has 1 aromatic rings. The fraction of sp³-hybridized carbons (Fsp3) is 0.733. The van der Waals surface area contributed by atoms with Crippen LogP contribution in [-0.2, 0) is 16.1 Å². The zero-order valence-electron chi connectivity index (χ0n) is 12.7. The molecule has 0 aromatic carbocycles. The maximum Gasteiger partial charge on any atom is 0.160 e. The van der Waals surface area contributed by atoms with Gasteiger partial charge in [-0.05, 0) is 32.1 Å². The minimum absolute atomic E-state index is 0.0268. The first kappa shape index (κ1) is 15.2. The topological polar surface area (TPSA) is 56.3 Å². The van der Waals surface area contributed by atoms with E-state index >= 15 is 0 Å². The van der Waals surface area contributed by atoms with Crippen molar-refractivity contribution in [2.45, 2.75) is 45.8 Å². The quantitative estimate of drug-likeness (QED) is 0.753. The first-order chi connectivity index (χ1) is 9.78. The molecule has 1 aliphatic rings. The van der Waals surface area contributed by atoms with Gasteiger partial charge in [-0.1, -0.05) is 6.92 Å². The average molecular weight is 279 g/mol. The van der Waals surface area contributed by atoms with E-state index in [9.17, 15) is 0 Å². The van der Waals surface area contributed by atoms with Crippen LogP contribution in [-0.4, -0.2) is 30.2 Å². The summed E-state index contributed by atoms with van der Waals surface area (Å²) in [5, 5.41) is 3.33. The second-order valence-electron chi connectivity index (χ2n) is 5.18. The molecule has 0 spiro atoms. The van der Waals surface area contributed by atoms with Crippen LogP contribution < -0.4 is 5.32 Å². The van der Waals surface area contributed by atoms with Crippen molar-refractivity contribution in [3.63, 3.8) is 0 Å². The minimum atomic E-state index is 0.0268. The molecule has 1 atom stereocenters. The highest BCUT2D eigenvalue weighted by Gasteiger charge is 2.35. The van der Waals surface area contributed by atoms with Crippen LogP contribution >= 0.6 is 0 Å². The Morgan fingerprint density at radius 2 is 2.15 bits per heavy atom. The fourth-order valence-electron chi connectivity index (χ4n) is 2.21. The Kier molecular flexibility index (Phi) is 5.73. The van der Waals surface area contributed by atoms with Crippen molar-refractivity contribution in [1.82, 2.24) is 9.97 Å². The summed E-state index contributed by atoms with van der Waals surface area (Å²) in [7, 11) is 1.68. The van der Waals surface area contributed by atoms with E-state index in [0.717, 1.165) is 30.3 Å². The third-order valence-corrected chi connectivity index (χ3v) is 3.30. The first-order valence-electron chi connectivity index (χ1n) is 7.50. The van der Waals surface area contributed by atoms with Crippen molar-refractivity contribution in [2.75, 3.05) is 25.6 Å². The Labute approximate surface area is 121 Å². The maximum absolute atomic E-state index is 5.85. The third-order valence-electron chi connectivity index (χ3n) is 3.30. The lowest BCUT2D eigenvalue weighted by Gasteiger charge is -2.17. The smallest absolute Gasteiger partial charge is 0.160 e. The van der Waals surface area contributed by atoms with Crippen LogP contribution in [0.2, 0.25) is 0 Å². The molecule has 0 aliphatic heterocycles. The Hall–Kier alpha value is -1.20. The number of hydrogen-bond donors (Lipinski definition) is 1. The van der Waals surface area contributed by atoms with Gasteiger partial charge in [0.2, 0.25) is 0 Å². The Balaban J connectivity index is 2.21. The molecule has 0 amide bonds. The van der Waals surface area contributed by atoms with Crippen LogP contribution in [0, 0.1) is 5.92 Å². The van der Waals surface area contributed by atoms with Gasteiger partial charge in [0, 0.05) is 26.3 Å². The predicted molar refractivity (Wildman–Crippen MR) is 78.6 cm³/mol. The molecule has 1 unspecified atom stereocenters. The van der Waals surface area contributed by atoms with Gasteiger partial charge in [-0.25, -0.2) is 9.97 Å². The zero-order chi connectivity index (χ0) is 14.4. The highest BCUT2D eigenvalue weighted by Crippen LogP contribution is 2.42. The van der Waals surface area contributed by atoms with E-state index < -0.39 is 0 Å². The molecule has 1 heterocycles. The van der Waals surface area contributed by atoms with Gasteiger partial charge in [-0.3, -0.25) is 0 Å². The van der Waals surface area contributed by atoms with Crippen LogP contribution in [0.5, 0.6) is 0 Å². The van der Waals surface area contributed by atoms with Gasteiger partial charge < -0.3 is 14.8 Å². The summed E-state index contributed by atoms with van der Waals surface area (Å²) < 4.78 is 11.1. The molecule has 1 N–H and O–H groups in total. The molecule has 20 heavy (non-hydrogen) atoms. The highest BCUT2D eigenvalue weighted by atomic mass is 16.5. The Bertz CT molecular complexity index is 422. The Morgan fingerprint density at radius 1 is 1.35 bits per heavy atom. The first-order valence-corrected chi connectivity index (χ1v) is 7.50. The average Bonchev–Trinajstić information content (AvgIpc) is 3.27. The lowest BCUT2D eigenvalue weighted by atomic mass is 10.2. The molecule has 5 nitrogen and oxygen atoms in total. The molecule has 1 aromatic heterocycles. The molecule has 0 saturated heterocycles. The van der Waals surface area contributed by atoms with Crippen LogP contribution in [0.15, 0.2) is 6.07 Å². The van der Waals surface area contributed by atoms with E-state index in [1.54, 1.807) is 7.11 Å². The second-order valence-corrected chi connectivity index (χ2v) is 5.18. The maximum atomic E-state index is 5.85. The van der Waals surface area contributed by atoms with Gasteiger partial charge in [0.05, 0.1) is 12.3 Å². The molecular weight excluding hydrogens is 254 g/mol.